The van der Waals surface area contributed by atoms with Gasteiger partial charge in [0.05, 0.1) is 118 Å². The molecule has 10 heterocycles. The topological polar surface area (TPSA) is 300 Å². The number of fused-ring (bicyclic) bond motifs is 3. The van der Waals surface area contributed by atoms with E-state index in [0.29, 0.717) is 130 Å². The van der Waals surface area contributed by atoms with Crippen LogP contribution < -0.4 is 43.1 Å². The molecule has 0 bridgehead atoms. The Morgan fingerprint density at radius 2 is 0.774 bits per heavy atom. The van der Waals surface area contributed by atoms with Gasteiger partial charge in [0.2, 0.25) is 0 Å². The Morgan fingerprint density at radius 1 is 0.419 bits per heavy atom. The summed E-state index contributed by atoms with van der Waals surface area (Å²) in [4.78, 5) is 107. The van der Waals surface area contributed by atoms with E-state index in [2.05, 4.69) is 55.2 Å². The van der Waals surface area contributed by atoms with Crippen molar-refractivity contribution in [2.75, 3.05) is 182 Å². The maximum absolute atomic E-state index is 14.4. The Bertz CT molecular complexity index is 5370. The maximum Gasteiger partial charge on any atom is 0.335 e. The lowest BCUT2D eigenvalue weighted by atomic mass is 9.87. The second kappa shape index (κ2) is 39.8. The van der Waals surface area contributed by atoms with Gasteiger partial charge in [0.25, 0.3) is 45.5 Å². The molecule has 0 spiro atoms. The Morgan fingerprint density at radius 3 is 1.10 bits per heavy atom. The van der Waals surface area contributed by atoms with E-state index >= 15 is 0 Å². The fourth-order valence-corrected chi connectivity index (χ4v) is 21.9. The summed E-state index contributed by atoms with van der Waals surface area (Å²) >= 11 is 1.22. The Kier molecular flexibility index (Phi) is 28.8. The number of anilines is 3. The van der Waals surface area contributed by atoms with Crippen LogP contribution in [0.3, 0.4) is 0 Å². The quantitative estimate of drug-likeness (QED) is 0.0336. The van der Waals surface area contributed by atoms with E-state index in [1.807, 2.05) is 83.6 Å². The minimum absolute atomic E-state index is 0.0250. The van der Waals surface area contributed by atoms with Crippen LogP contribution in [-0.4, -0.2) is 271 Å². The third kappa shape index (κ3) is 18.9. The fraction of sp³-hybridized carbons (Fsp3) is 0.462. The van der Waals surface area contributed by atoms with Crippen LogP contribution in [0.1, 0.15) is 169 Å². The third-order valence-electron chi connectivity index (χ3n) is 25.7. The number of piperazine rings is 3. The molecule has 0 aliphatic carbocycles. The molecule has 8 aliphatic rings. The smallest absolute Gasteiger partial charge is 0.335 e. The van der Waals surface area contributed by atoms with E-state index in [9.17, 15) is 50.2 Å². The highest BCUT2D eigenvalue weighted by Crippen LogP contribution is 2.47. The first-order valence-corrected chi connectivity index (χ1v) is 46.5. The summed E-state index contributed by atoms with van der Waals surface area (Å²) in [7, 11) is 1.59. The molecule has 33 heteroatoms. The summed E-state index contributed by atoms with van der Waals surface area (Å²) in [6, 6.07) is 35.0. The molecular formula is C91H113N13O17S3. The molecule has 5 fully saturated rings. The zero-order valence-corrected chi connectivity index (χ0v) is 74.5. The van der Waals surface area contributed by atoms with Gasteiger partial charge in [-0.3, -0.25) is 48.0 Å². The minimum Gasteiger partial charge on any atom is -0.493 e. The molecule has 2 aromatic heterocycles. The molecule has 6 aromatic carbocycles. The number of amides is 6. The molecule has 0 radical (unpaired) electrons. The molecule has 16 rings (SSSR count). The molecule has 5 saturated heterocycles. The van der Waals surface area contributed by atoms with Crippen molar-refractivity contribution in [2.45, 2.75) is 101 Å². The van der Waals surface area contributed by atoms with Crippen molar-refractivity contribution in [1.29, 1.82) is 0 Å². The molecule has 662 valence electrons. The molecule has 2 unspecified atom stereocenters. The number of ether oxygens (including phenoxy) is 6. The van der Waals surface area contributed by atoms with Gasteiger partial charge in [-0.1, -0.05) is 63.2 Å². The number of imide groups is 3. The minimum atomic E-state index is -4.26. The number of nitrogens with zero attached hydrogens (tertiary/aromatic N) is 13. The van der Waals surface area contributed by atoms with Crippen LogP contribution in [0.15, 0.2) is 150 Å². The molecule has 0 saturated carbocycles. The summed E-state index contributed by atoms with van der Waals surface area (Å²) in [5.74, 6) is 1.65. The van der Waals surface area contributed by atoms with Crippen LogP contribution in [0.25, 0.3) is 0 Å². The summed E-state index contributed by atoms with van der Waals surface area (Å²) in [5, 5.41) is 1.77. The standard InChI is InChI=1S/C33H40N4O6S2.C29H35N5O4.C29H38N4O7S/c1-4-34-16-18-35(19-17-34)26-8-5-7-25-31(26)33(39)37(32(25)38)27(24-10-11-28(42-2)29(22-24)43-3)21-23-12-14-36(15-13-23)45(40,41)30-9-6-20-44-30;1-4-31-15-17-33(18-16-31)24-8-5-7-22-27(24)29(36)34(28(22)35)23(9-6-13-32-14-12-30-20-32)21-10-11-25(37-2)26(19-21)38-3;1-4-30-14-16-31(17-15-30)23-7-5-6-22-27(23)29(35)33(28(22)34)24(21-8-9-25(39-2)26(19-21)40-3)18-20-10-12-32(13-11-20)41(36,37)38/h5-11,20,22-23,27H,4,12-19,21H2,1-3H3;5,7-8,10-12,14,19-20,23H,4,6,9,13,15-18H2,1-3H3;5-9,19-20,24H,4,10-18H2,1-3H3,(H,36,37,38)/t;23-;/m.1./s1. The highest BCUT2D eigenvalue weighted by atomic mass is 32.2. The number of methoxy groups -OCH3 is 6. The van der Waals surface area contributed by atoms with Gasteiger partial charge in [-0.25, -0.2) is 13.4 Å². The maximum atomic E-state index is 14.4. The van der Waals surface area contributed by atoms with Gasteiger partial charge in [0.15, 0.2) is 34.5 Å². The Balaban J connectivity index is 0.000000152. The first kappa shape index (κ1) is 89.8. The normalized spacial score (nSPS) is 18.6. The number of aromatic nitrogens is 2. The molecular weight excluding hydrogens is 1640 g/mol. The van der Waals surface area contributed by atoms with E-state index in [4.69, 9.17) is 28.4 Å². The lowest BCUT2D eigenvalue weighted by Gasteiger charge is -2.36. The number of hydrogen-bond donors (Lipinski definition) is 1. The van der Waals surface area contributed by atoms with Gasteiger partial charge in [-0.05, 0) is 184 Å². The van der Waals surface area contributed by atoms with Gasteiger partial charge in [0, 0.05) is 124 Å². The van der Waals surface area contributed by atoms with E-state index < -0.39 is 38.5 Å². The average Bonchev–Trinajstić information content (AvgIpc) is 1.60. The van der Waals surface area contributed by atoms with Crippen LogP contribution in [0.5, 0.6) is 34.5 Å². The number of aryl methyl sites for hydroxylation is 1. The number of likely N-dealkylation sites (N-methyl/N-ethyl adjacent to an activating group) is 3. The highest BCUT2D eigenvalue weighted by molar-refractivity contribution is 7.91. The van der Waals surface area contributed by atoms with Crippen molar-refractivity contribution < 1.29 is 78.6 Å². The zero-order chi connectivity index (χ0) is 87.7. The Hall–Kier alpha value is -10.5. The summed E-state index contributed by atoms with van der Waals surface area (Å²) < 4.78 is 97.0. The SMILES string of the molecule is CCN1CCN(c2cccc3c2C(=O)N(C(CC2CCN(S(=O)(=O)O)CC2)c2ccc(OC)c(OC)c2)C3=O)CC1.CCN1CCN(c2cccc3c2C(=O)N(C(CC2CCN(S(=O)(=O)c4cccs4)CC2)c2ccc(OC)c(OC)c2)C3=O)CC1.CCN1CCN(c2cccc3c2C(=O)N([C@H](CCCn2ccnc2)c2ccc(OC)c(OC)c2)C3=O)CC1. The van der Waals surface area contributed by atoms with Crippen LogP contribution in [0.4, 0.5) is 17.1 Å². The van der Waals surface area contributed by atoms with E-state index in [0.717, 1.165) is 149 Å². The van der Waals surface area contributed by atoms with Crippen LogP contribution in [-0.2, 0) is 26.9 Å². The number of hydrogen-bond acceptors (Lipinski definition) is 24. The van der Waals surface area contributed by atoms with Crippen LogP contribution in [0, 0.1) is 11.8 Å². The van der Waals surface area contributed by atoms with Gasteiger partial charge < -0.3 is 62.4 Å². The largest absolute Gasteiger partial charge is 0.493 e. The number of imidazole rings is 1. The first-order valence-electron chi connectivity index (χ1n) is 42.8. The third-order valence-corrected chi connectivity index (χ3v) is 30.0. The van der Waals surface area contributed by atoms with Crippen molar-refractivity contribution in [2.24, 2.45) is 11.8 Å². The predicted molar refractivity (Wildman–Crippen MR) is 473 cm³/mol. The number of benzene rings is 6. The van der Waals surface area contributed by atoms with Crippen molar-refractivity contribution in [3.63, 3.8) is 0 Å². The number of thiophene rings is 1. The van der Waals surface area contributed by atoms with Crippen LogP contribution >= 0.6 is 11.3 Å². The summed E-state index contributed by atoms with van der Waals surface area (Å²) in [5.41, 5.74) is 7.51. The lowest BCUT2D eigenvalue weighted by Crippen LogP contribution is -2.46. The molecule has 6 amide bonds. The number of carbonyl (C=O) groups is 6. The summed E-state index contributed by atoms with van der Waals surface area (Å²) in [6.45, 7) is 21.5. The van der Waals surface area contributed by atoms with Gasteiger partial charge in [-0.15, -0.1) is 11.3 Å². The fourth-order valence-electron chi connectivity index (χ4n) is 18.6. The molecule has 3 atom stereocenters. The predicted octanol–water partition coefficient (Wildman–Crippen LogP) is 11.7. The van der Waals surface area contributed by atoms with E-state index in [-0.39, 0.29) is 60.4 Å². The van der Waals surface area contributed by atoms with E-state index in [1.165, 1.54) is 33.1 Å². The molecule has 30 nitrogen and oxygen atoms in total. The number of sulfonamides is 1. The van der Waals surface area contributed by atoms with Crippen molar-refractivity contribution in [1.82, 2.24) is 47.6 Å². The molecule has 1 N–H and O–H groups in total. The summed E-state index contributed by atoms with van der Waals surface area (Å²) in [6.07, 6.45) is 10.0. The monoisotopic (exact) mass is 1760 g/mol. The Labute approximate surface area is 730 Å². The van der Waals surface area contributed by atoms with Gasteiger partial charge in [-0.2, -0.15) is 17.0 Å². The second-order valence-electron chi connectivity index (χ2n) is 32.2. The van der Waals surface area contributed by atoms with Crippen molar-refractivity contribution >= 4 is 84.2 Å². The van der Waals surface area contributed by atoms with Gasteiger partial charge >= 0.3 is 10.3 Å². The molecule has 124 heavy (non-hydrogen) atoms. The van der Waals surface area contributed by atoms with Crippen LogP contribution in [0.2, 0.25) is 0 Å². The van der Waals surface area contributed by atoms with E-state index in [1.54, 1.807) is 106 Å². The first-order chi connectivity index (χ1) is 60.0. The lowest BCUT2D eigenvalue weighted by molar-refractivity contribution is 0.0533. The molecule has 8 aliphatic heterocycles. The number of piperidine rings is 2. The van der Waals surface area contributed by atoms with Gasteiger partial charge in [0.1, 0.15) is 4.21 Å². The average molecular weight is 1760 g/mol. The number of carbonyl (C=O) groups excluding carboxylic acids is 6. The van der Waals surface area contributed by atoms with Crippen molar-refractivity contribution in [3.05, 3.63) is 195 Å². The highest BCUT2D eigenvalue weighted by Gasteiger charge is 2.48. The second-order valence-corrected chi connectivity index (χ2v) is 36.7. The van der Waals surface area contributed by atoms with Crippen molar-refractivity contribution in [3.8, 4) is 34.5 Å². The zero-order valence-electron chi connectivity index (χ0n) is 72.1. The number of rotatable bonds is 29. The molecule has 8 aromatic rings.